The Morgan fingerprint density at radius 2 is 2.04 bits per heavy atom. The van der Waals surface area contributed by atoms with Gasteiger partial charge in [-0.15, -0.1) is 0 Å². The number of rotatable bonds is 2. The molecule has 3 saturated carbocycles. The molecule has 2 unspecified atom stereocenters. The maximum atomic E-state index is 12.0. The monoisotopic (exact) mass is 314 g/mol. The van der Waals surface area contributed by atoms with Crippen LogP contribution in [-0.2, 0) is 4.79 Å². The molecule has 1 N–H and O–H groups in total. The van der Waals surface area contributed by atoms with E-state index in [1.165, 1.54) is 29.6 Å². The third kappa shape index (κ3) is 3.10. The predicted octanol–water partition coefficient (Wildman–Crippen LogP) is 4.75. The molecule has 2 nitrogen and oxygen atoms in total. The third-order valence-electron chi connectivity index (χ3n) is 6.64. The standard InChI is InChI=1S/C21H30O2/c1-14-6-9-18(23)13-17(14)8-7-16-5-4-12-21(3)19(15(2)22)10-11-20(16)21/h7-8,18-20,23H,1,4-6,9-13H2,2-3H3/t18-,19?,20?,21+/m0/s1. The number of Topliss-reactive ketones (excluding diaryl/α,β-unsaturated/α-hetero) is 1. The lowest BCUT2D eigenvalue weighted by atomic mass is 9.63. The number of hydrogen-bond donors (Lipinski definition) is 1. The van der Waals surface area contributed by atoms with E-state index in [0.29, 0.717) is 11.7 Å². The van der Waals surface area contributed by atoms with Gasteiger partial charge in [-0.1, -0.05) is 36.8 Å². The highest BCUT2D eigenvalue weighted by atomic mass is 16.3. The molecule has 2 heteroatoms. The van der Waals surface area contributed by atoms with Crippen LogP contribution in [0.15, 0.2) is 35.5 Å². The zero-order valence-corrected chi connectivity index (χ0v) is 14.6. The fourth-order valence-corrected chi connectivity index (χ4v) is 5.30. The van der Waals surface area contributed by atoms with E-state index in [9.17, 15) is 9.90 Å². The molecule has 4 atom stereocenters. The number of fused-ring (bicyclic) bond motifs is 1. The maximum absolute atomic E-state index is 12.0. The number of carbonyl (C=O) groups excluding carboxylic acids is 1. The summed E-state index contributed by atoms with van der Waals surface area (Å²) in [6, 6.07) is 0. The molecule has 0 heterocycles. The van der Waals surface area contributed by atoms with Gasteiger partial charge >= 0.3 is 0 Å². The molecular formula is C21H30O2. The lowest BCUT2D eigenvalue weighted by Gasteiger charge is -2.41. The van der Waals surface area contributed by atoms with Crippen molar-refractivity contribution in [1.29, 1.82) is 0 Å². The smallest absolute Gasteiger partial charge is 0.133 e. The molecule has 3 fully saturated rings. The van der Waals surface area contributed by atoms with Gasteiger partial charge in [0.25, 0.3) is 0 Å². The molecule has 0 aromatic heterocycles. The summed E-state index contributed by atoms with van der Waals surface area (Å²) in [7, 11) is 0. The first-order chi connectivity index (χ1) is 10.9. The fraction of sp³-hybridized carbons (Fsp3) is 0.667. The lowest BCUT2D eigenvalue weighted by Crippen LogP contribution is -2.36. The molecule has 3 aliphatic carbocycles. The second-order valence-corrected chi connectivity index (χ2v) is 8.09. The van der Waals surface area contributed by atoms with Crippen LogP contribution >= 0.6 is 0 Å². The Morgan fingerprint density at radius 3 is 2.78 bits per heavy atom. The topological polar surface area (TPSA) is 37.3 Å². The van der Waals surface area contributed by atoms with Gasteiger partial charge in [0, 0.05) is 5.92 Å². The van der Waals surface area contributed by atoms with Crippen molar-refractivity contribution < 1.29 is 9.90 Å². The summed E-state index contributed by atoms with van der Waals surface area (Å²) in [4.78, 5) is 12.0. The van der Waals surface area contributed by atoms with Crippen LogP contribution in [0.25, 0.3) is 0 Å². The highest BCUT2D eigenvalue weighted by Gasteiger charge is 2.50. The molecule has 0 radical (unpaired) electrons. The zero-order valence-electron chi connectivity index (χ0n) is 14.6. The van der Waals surface area contributed by atoms with E-state index in [-0.39, 0.29) is 17.4 Å². The summed E-state index contributed by atoms with van der Waals surface area (Å²) >= 11 is 0. The minimum absolute atomic E-state index is 0.164. The Hall–Kier alpha value is -1.15. The summed E-state index contributed by atoms with van der Waals surface area (Å²) in [5.74, 6) is 1.18. The van der Waals surface area contributed by atoms with Crippen LogP contribution < -0.4 is 0 Å². The Morgan fingerprint density at radius 1 is 1.26 bits per heavy atom. The minimum atomic E-state index is -0.213. The van der Waals surface area contributed by atoms with Crippen LogP contribution in [-0.4, -0.2) is 17.0 Å². The van der Waals surface area contributed by atoms with Crippen LogP contribution in [0.2, 0.25) is 0 Å². The molecule has 0 aliphatic heterocycles. The number of hydrogen-bond acceptors (Lipinski definition) is 2. The molecule has 0 bridgehead atoms. The van der Waals surface area contributed by atoms with Gasteiger partial charge < -0.3 is 5.11 Å². The van der Waals surface area contributed by atoms with Crippen LogP contribution in [0.3, 0.4) is 0 Å². The fourth-order valence-electron chi connectivity index (χ4n) is 5.30. The average molecular weight is 314 g/mol. The summed E-state index contributed by atoms with van der Waals surface area (Å²) in [5, 5.41) is 9.88. The van der Waals surface area contributed by atoms with E-state index in [4.69, 9.17) is 0 Å². The van der Waals surface area contributed by atoms with Crippen LogP contribution in [0.5, 0.6) is 0 Å². The number of aliphatic hydroxyl groups excluding tert-OH is 1. The van der Waals surface area contributed by atoms with Crippen molar-refractivity contribution >= 4 is 5.78 Å². The normalized spacial score (nSPS) is 41.3. The number of carbonyl (C=O) groups is 1. The van der Waals surface area contributed by atoms with Crippen molar-refractivity contribution in [2.75, 3.05) is 0 Å². The molecule has 0 aromatic rings. The van der Waals surface area contributed by atoms with E-state index in [1.54, 1.807) is 6.92 Å². The average Bonchev–Trinajstić information content (AvgIpc) is 2.86. The Balaban J connectivity index is 1.83. The molecule has 0 amide bonds. The second kappa shape index (κ2) is 6.39. The van der Waals surface area contributed by atoms with E-state index < -0.39 is 0 Å². The van der Waals surface area contributed by atoms with E-state index in [2.05, 4.69) is 25.7 Å². The zero-order chi connectivity index (χ0) is 16.6. The van der Waals surface area contributed by atoms with Crippen molar-refractivity contribution in [2.24, 2.45) is 17.3 Å². The highest BCUT2D eigenvalue weighted by Crippen LogP contribution is 2.57. The van der Waals surface area contributed by atoms with E-state index in [1.807, 2.05) is 0 Å². The first-order valence-electron chi connectivity index (χ1n) is 9.18. The number of aliphatic hydroxyl groups is 1. The van der Waals surface area contributed by atoms with Crippen molar-refractivity contribution in [2.45, 2.75) is 71.3 Å². The summed E-state index contributed by atoms with van der Waals surface area (Å²) < 4.78 is 0. The summed E-state index contributed by atoms with van der Waals surface area (Å²) in [6.07, 6.45) is 12.5. The molecule has 126 valence electrons. The van der Waals surface area contributed by atoms with Crippen LogP contribution in [0.4, 0.5) is 0 Å². The van der Waals surface area contributed by atoms with Crippen molar-refractivity contribution in [3.05, 3.63) is 35.5 Å². The van der Waals surface area contributed by atoms with Gasteiger partial charge in [-0.05, 0) is 75.2 Å². The van der Waals surface area contributed by atoms with Gasteiger partial charge in [-0.25, -0.2) is 0 Å². The largest absolute Gasteiger partial charge is 0.393 e. The second-order valence-electron chi connectivity index (χ2n) is 8.09. The predicted molar refractivity (Wildman–Crippen MR) is 94.0 cm³/mol. The first-order valence-corrected chi connectivity index (χ1v) is 9.18. The van der Waals surface area contributed by atoms with Gasteiger partial charge in [0.2, 0.25) is 0 Å². The van der Waals surface area contributed by atoms with Crippen molar-refractivity contribution in [1.82, 2.24) is 0 Å². The molecule has 3 aliphatic rings. The molecule has 0 spiro atoms. The van der Waals surface area contributed by atoms with Crippen molar-refractivity contribution in [3.8, 4) is 0 Å². The van der Waals surface area contributed by atoms with E-state index >= 15 is 0 Å². The summed E-state index contributed by atoms with van der Waals surface area (Å²) in [6.45, 7) is 8.26. The molecular weight excluding hydrogens is 284 g/mol. The molecule has 0 saturated heterocycles. The Labute approximate surface area is 140 Å². The lowest BCUT2D eigenvalue weighted by molar-refractivity contribution is -0.124. The molecule has 0 aromatic carbocycles. The number of allylic oxidation sites excluding steroid dienone is 4. The van der Waals surface area contributed by atoms with Gasteiger partial charge in [0.05, 0.1) is 6.10 Å². The third-order valence-corrected chi connectivity index (χ3v) is 6.64. The van der Waals surface area contributed by atoms with E-state index in [0.717, 1.165) is 38.5 Å². The quantitative estimate of drug-likeness (QED) is 0.799. The van der Waals surface area contributed by atoms with Crippen molar-refractivity contribution in [3.63, 3.8) is 0 Å². The molecule has 23 heavy (non-hydrogen) atoms. The van der Waals surface area contributed by atoms with Gasteiger partial charge in [-0.3, -0.25) is 4.79 Å². The van der Waals surface area contributed by atoms with Crippen LogP contribution in [0.1, 0.15) is 65.2 Å². The molecule has 3 rings (SSSR count). The summed E-state index contributed by atoms with van der Waals surface area (Å²) in [5.41, 5.74) is 4.07. The van der Waals surface area contributed by atoms with Crippen LogP contribution in [0, 0.1) is 17.3 Å². The minimum Gasteiger partial charge on any atom is -0.393 e. The Bertz CT molecular complexity index is 568. The maximum Gasteiger partial charge on any atom is 0.133 e. The highest BCUT2D eigenvalue weighted by molar-refractivity contribution is 5.79. The van der Waals surface area contributed by atoms with Gasteiger partial charge in [-0.2, -0.15) is 0 Å². The van der Waals surface area contributed by atoms with Gasteiger partial charge in [0.1, 0.15) is 5.78 Å². The SMILES string of the molecule is C=C1CC[C@H](O)CC1=CC=C1CCC[C@]2(C)C(C(C)=O)CCC12. The van der Waals surface area contributed by atoms with Gasteiger partial charge in [0.15, 0.2) is 0 Å². The number of ketones is 1. The first kappa shape index (κ1) is 16.7. The Kier molecular flexibility index (Phi) is 4.64.